The van der Waals surface area contributed by atoms with Gasteiger partial charge in [-0.1, -0.05) is 61.8 Å². The number of hydrogen-bond acceptors (Lipinski definition) is 3. The molecule has 0 atom stereocenters. The molecule has 2 aromatic carbocycles. The summed E-state index contributed by atoms with van der Waals surface area (Å²) in [7, 11) is 0. The van der Waals surface area contributed by atoms with Crippen molar-refractivity contribution in [1.82, 2.24) is 0 Å². The lowest BCUT2D eigenvalue weighted by Gasteiger charge is -2.24. The summed E-state index contributed by atoms with van der Waals surface area (Å²) in [5.41, 5.74) is 7.81. The second-order valence-corrected chi connectivity index (χ2v) is 9.55. The van der Waals surface area contributed by atoms with Gasteiger partial charge in [-0.25, -0.2) is 0 Å². The van der Waals surface area contributed by atoms with Gasteiger partial charge in [-0.15, -0.1) is 0 Å². The van der Waals surface area contributed by atoms with E-state index in [9.17, 15) is 15.3 Å². The molecule has 1 saturated carbocycles. The minimum atomic E-state index is 0.341. The molecule has 0 saturated heterocycles. The van der Waals surface area contributed by atoms with Crippen LogP contribution in [0.25, 0.3) is 0 Å². The summed E-state index contributed by atoms with van der Waals surface area (Å²) in [6.07, 6.45) is 14.5. The standard InChI is InChI=1S/C30H38O3/c1-5-9-23(12-20(2)19-31)15-27-17-26(25-10-7-6-8-11-25)18-28(30(27)33)16-24-13-21(3)29(32)22(4)14-24/h5,9,12-14,17-19,25,31-33H,6-8,10-11,15-16H2,1-4H3. The molecule has 0 aliphatic heterocycles. The first-order valence-corrected chi connectivity index (χ1v) is 12.1. The van der Waals surface area contributed by atoms with Crippen LogP contribution in [0.2, 0.25) is 0 Å². The van der Waals surface area contributed by atoms with Crippen LogP contribution in [0.4, 0.5) is 0 Å². The van der Waals surface area contributed by atoms with Crippen molar-refractivity contribution < 1.29 is 15.3 Å². The van der Waals surface area contributed by atoms with Gasteiger partial charge in [0.05, 0.1) is 6.26 Å². The van der Waals surface area contributed by atoms with E-state index < -0.39 is 0 Å². The number of aryl methyl sites for hydroxylation is 2. The summed E-state index contributed by atoms with van der Waals surface area (Å²) in [6.45, 7) is 7.68. The van der Waals surface area contributed by atoms with Gasteiger partial charge in [0, 0.05) is 12.8 Å². The lowest BCUT2D eigenvalue weighted by Crippen LogP contribution is -2.07. The summed E-state index contributed by atoms with van der Waals surface area (Å²) in [5.74, 6) is 1.22. The van der Waals surface area contributed by atoms with Gasteiger partial charge in [0.1, 0.15) is 11.5 Å². The highest BCUT2D eigenvalue weighted by atomic mass is 16.3. The molecule has 1 aliphatic carbocycles. The first-order chi connectivity index (χ1) is 15.8. The van der Waals surface area contributed by atoms with Crippen LogP contribution in [0.3, 0.4) is 0 Å². The van der Waals surface area contributed by atoms with E-state index in [1.807, 2.05) is 58.1 Å². The number of rotatable bonds is 7. The van der Waals surface area contributed by atoms with Crippen molar-refractivity contribution in [2.45, 2.75) is 78.6 Å². The number of phenols is 2. The van der Waals surface area contributed by atoms with E-state index in [0.717, 1.165) is 45.2 Å². The van der Waals surface area contributed by atoms with Crippen molar-refractivity contribution >= 4 is 0 Å². The molecule has 0 spiro atoms. The van der Waals surface area contributed by atoms with E-state index in [-0.39, 0.29) is 0 Å². The summed E-state index contributed by atoms with van der Waals surface area (Å²) in [4.78, 5) is 0. The molecule has 1 fully saturated rings. The number of allylic oxidation sites excluding steroid dienone is 5. The zero-order valence-electron chi connectivity index (χ0n) is 20.5. The third kappa shape index (κ3) is 6.31. The SMILES string of the molecule is CC=CC(=CC(C)=CO)Cc1cc(C2CCCCC2)cc(Cc2cc(C)c(O)c(C)c2)c1O. The molecule has 0 unspecified atom stereocenters. The lowest BCUT2D eigenvalue weighted by molar-refractivity contribution is 0.439. The number of aliphatic hydroxyl groups is 1. The molecule has 0 bridgehead atoms. The molecule has 176 valence electrons. The molecule has 3 N–H and O–H groups in total. The van der Waals surface area contributed by atoms with Gasteiger partial charge >= 0.3 is 0 Å². The maximum absolute atomic E-state index is 11.3. The maximum atomic E-state index is 11.3. The maximum Gasteiger partial charge on any atom is 0.122 e. The van der Waals surface area contributed by atoms with Crippen LogP contribution in [0.15, 0.2) is 59.9 Å². The monoisotopic (exact) mass is 446 g/mol. The quantitative estimate of drug-likeness (QED) is 0.300. The predicted octanol–water partition coefficient (Wildman–Crippen LogP) is 7.86. The van der Waals surface area contributed by atoms with Crippen LogP contribution in [0.5, 0.6) is 11.5 Å². The van der Waals surface area contributed by atoms with Gasteiger partial charge < -0.3 is 15.3 Å². The average Bonchev–Trinajstić information content (AvgIpc) is 2.80. The average molecular weight is 447 g/mol. The van der Waals surface area contributed by atoms with Crippen LogP contribution in [0, 0.1) is 13.8 Å². The highest BCUT2D eigenvalue weighted by Gasteiger charge is 2.20. The first-order valence-electron chi connectivity index (χ1n) is 12.1. The Kier molecular flexibility index (Phi) is 8.43. The highest BCUT2D eigenvalue weighted by molar-refractivity contribution is 5.51. The largest absolute Gasteiger partial charge is 0.515 e. The van der Waals surface area contributed by atoms with E-state index in [0.29, 0.717) is 30.3 Å². The van der Waals surface area contributed by atoms with E-state index in [4.69, 9.17) is 0 Å². The second kappa shape index (κ2) is 11.3. The van der Waals surface area contributed by atoms with Gasteiger partial charge in [-0.2, -0.15) is 0 Å². The molecule has 0 heterocycles. The molecule has 0 radical (unpaired) electrons. The zero-order valence-corrected chi connectivity index (χ0v) is 20.5. The zero-order chi connectivity index (χ0) is 24.0. The summed E-state index contributed by atoms with van der Waals surface area (Å²) >= 11 is 0. The van der Waals surface area contributed by atoms with Crippen LogP contribution in [-0.4, -0.2) is 15.3 Å². The molecular weight excluding hydrogens is 408 g/mol. The number of benzene rings is 2. The Morgan fingerprint density at radius 1 is 0.939 bits per heavy atom. The summed E-state index contributed by atoms with van der Waals surface area (Å²) < 4.78 is 0. The minimum Gasteiger partial charge on any atom is -0.515 e. The molecule has 0 amide bonds. The molecule has 1 aliphatic rings. The minimum absolute atomic E-state index is 0.341. The Morgan fingerprint density at radius 3 is 2.18 bits per heavy atom. The molecule has 33 heavy (non-hydrogen) atoms. The molecule has 3 nitrogen and oxygen atoms in total. The Hall–Kier alpha value is -2.94. The Labute approximate surface area is 198 Å². The number of aromatic hydroxyl groups is 2. The number of hydrogen-bond donors (Lipinski definition) is 3. The van der Waals surface area contributed by atoms with Crippen molar-refractivity contribution in [1.29, 1.82) is 0 Å². The molecule has 0 aromatic heterocycles. The fourth-order valence-electron chi connectivity index (χ4n) is 5.02. The van der Waals surface area contributed by atoms with Crippen molar-refractivity contribution in [2.75, 3.05) is 0 Å². The van der Waals surface area contributed by atoms with Crippen molar-refractivity contribution in [2.24, 2.45) is 0 Å². The van der Waals surface area contributed by atoms with E-state index in [2.05, 4.69) is 12.1 Å². The van der Waals surface area contributed by atoms with Gasteiger partial charge in [-0.3, -0.25) is 0 Å². The Bertz CT molecular complexity index is 1040. The lowest BCUT2D eigenvalue weighted by atomic mass is 9.81. The van der Waals surface area contributed by atoms with Crippen molar-refractivity contribution in [3.05, 3.63) is 93.3 Å². The summed E-state index contributed by atoms with van der Waals surface area (Å²) in [5, 5.41) is 30.8. The van der Waals surface area contributed by atoms with Crippen LogP contribution >= 0.6 is 0 Å². The summed E-state index contributed by atoms with van der Waals surface area (Å²) in [6, 6.07) is 8.41. The molecule has 2 aromatic rings. The van der Waals surface area contributed by atoms with Crippen molar-refractivity contribution in [3.8, 4) is 11.5 Å². The highest BCUT2D eigenvalue weighted by Crippen LogP contribution is 2.38. The van der Waals surface area contributed by atoms with Gasteiger partial charge in [0.25, 0.3) is 0 Å². The third-order valence-corrected chi connectivity index (χ3v) is 6.70. The number of phenolic OH excluding ortho intramolecular Hbond substituents is 2. The second-order valence-electron chi connectivity index (χ2n) is 9.55. The van der Waals surface area contributed by atoms with E-state index in [1.165, 1.54) is 37.7 Å². The topological polar surface area (TPSA) is 60.7 Å². The van der Waals surface area contributed by atoms with E-state index >= 15 is 0 Å². The molecule has 3 rings (SSSR count). The first kappa shape index (κ1) is 24.7. The molecule has 3 heteroatoms. The van der Waals surface area contributed by atoms with Crippen LogP contribution in [0.1, 0.15) is 85.3 Å². The van der Waals surface area contributed by atoms with Crippen LogP contribution < -0.4 is 0 Å². The van der Waals surface area contributed by atoms with Gasteiger partial charge in [-0.05, 0) is 91.0 Å². The van der Waals surface area contributed by atoms with E-state index in [1.54, 1.807) is 0 Å². The van der Waals surface area contributed by atoms with Gasteiger partial charge in [0.2, 0.25) is 0 Å². The smallest absolute Gasteiger partial charge is 0.122 e. The van der Waals surface area contributed by atoms with Gasteiger partial charge in [0.15, 0.2) is 0 Å². The fourth-order valence-corrected chi connectivity index (χ4v) is 5.02. The third-order valence-electron chi connectivity index (χ3n) is 6.70. The fraction of sp³-hybridized carbons (Fsp3) is 0.400. The molecular formula is C30H38O3. The Morgan fingerprint density at radius 2 is 1.58 bits per heavy atom. The normalized spacial score (nSPS) is 16.0. The van der Waals surface area contributed by atoms with Crippen molar-refractivity contribution in [3.63, 3.8) is 0 Å². The van der Waals surface area contributed by atoms with Crippen LogP contribution in [-0.2, 0) is 12.8 Å². The predicted molar refractivity (Wildman–Crippen MR) is 137 cm³/mol. The Balaban J connectivity index is 2.05. The number of aliphatic hydroxyl groups excluding tert-OH is 1.